The first-order valence-corrected chi connectivity index (χ1v) is 9.54. The van der Waals surface area contributed by atoms with Gasteiger partial charge in [0, 0.05) is 25.1 Å². The zero-order valence-electron chi connectivity index (χ0n) is 15.3. The van der Waals surface area contributed by atoms with Crippen LogP contribution in [0, 0.1) is 0 Å². The molecule has 0 aliphatic carbocycles. The Morgan fingerprint density at radius 3 is 2.79 bits per heavy atom. The van der Waals surface area contributed by atoms with Gasteiger partial charge < -0.3 is 20.4 Å². The minimum Gasteiger partial charge on any atom is -0.484 e. The number of hydrogen-bond donors (Lipinski definition) is 2. The Bertz CT molecular complexity index is 985. The van der Waals surface area contributed by atoms with E-state index in [2.05, 4.69) is 16.9 Å². The van der Waals surface area contributed by atoms with Crippen LogP contribution in [-0.2, 0) is 16.6 Å². The molecule has 8 nitrogen and oxygen atoms in total. The first kappa shape index (κ1) is 19.7. The Labute approximate surface area is 165 Å². The molecule has 9 heteroatoms. The molecule has 3 N–H and O–H groups in total. The number of benzene rings is 1. The lowest BCUT2D eigenvalue weighted by Crippen LogP contribution is -2.33. The van der Waals surface area contributed by atoms with Crippen LogP contribution in [0.15, 0.2) is 46.9 Å². The molecule has 0 bridgehead atoms. The van der Waals surface area contributed by atoms with E-state index in [9.17, 15) is 14.4 Å². The molecule has 1 atom stereocenters. The maximum atomic E-state index is 12.7. The number of aromatic nitrogens is 2. The van der Waals surface area contributed by atoms with Crippen molar-refractivity contribution < 1.29 is 14.3 Å². The summed E-state index contributed by atoms with van der Waals surface area (Å²) in [7, 11) is 1.76. The van der Waals surface area contributed by atoms with E-state index in [1.165, 1.54) is 11.8 Å². The fourth-order valence-electron chi connectivity index (χ4n) is 3.03. The van der Waals surface area contributed by atoms with Gasteiger partial charge >= 0.3 is 0 Å². The quantitative estimate of drug-likeness (QED) is 0.412. The van der Waals surface area contributed by atoms with E-state index >= 15 is 0 Å². The molecule has 0 radical (unpaired) electrons. The number of ether oxygens (including phenoxy) is 1. The summed E-state index contributed by atoms with van der Waals surface area (Å²) in [6.45, 7) is 3.45. The molecule has 0 spiro atoms. The lowest BCUT2D eigenvalue weighted by atomic mass is 9.87. The minimum absolute atomic E-state index is 0.143. The van der Waals surface area contributed by atoms with Crippen LogP contribution in [-0.4, -0.2) is 33.7 Å². The van der Waals surface area contributed by atoms with Gasteiger partial charge in [0.2, 0.25) is 5.91 Å². The van der Waals surface area contributed by atoms with E-state index in [0.717, 1.165) is 5.56 Å². The normalized spacial score (nSPS) is 15.5. The molecule has 2 aromatic rings. The first-order chi connectivity index (χ1) is 13.4. The van der Waals surface area contributed by atoms with Gasteiger partial charge in [-0.2, -0.15) is 4.98 Å². The molecule has 1 aromatic heterocycles. The number of anilines is 1. The molecule has 146 valence electrons. The Hall–Kier alpha value is -3.07. The van der Waals surface area contributed by atoms with E-state index in [1.54, 1.807) is 42.0 Å². The molecule has 1 aromatic carbocycles. The highest BCUT2D eigenvalue weighted by molar-refractivity contribution is 7.99. The zero-order valence-corrected chi connectivity index (χ0v) is 16.1. The average Bonchev–Trinajstić information content (AvgIpc) is 2.67. The van der Waals surface area contributed by atoms with Crippen molar-refractivity contribution in [3.63, 3.8) is 0 Å². The number of carbonyl (C=O) groups excluding carboxylic acids is 2. The molecular formula is C19H20N4O4S. The highest BCUT2D eigenvalue weighted by Crippen LogP contribution is 2.36. The standard InChI is InChI=1S/C19H20N4O4S/c1-3-8-28-19-22-18(26)16-13(9-15(25)21-17(16)23(19)2)11-4-6-12(7-5-11)27-10-14(20)24/h3-7,13H,1,8-10H2,2H3,(H2,20,24)(H,21,25)/t13-/m0/s1. The first-order valence-electron chi connectivity index (χ1n) is 8.56. The van der Waals surface area contributed by atoms with Gasteiger partial charge in [0.05, 0.1) is 5.56 Å². The molecule has 28 heavy (non-hydrogen) atoms. The second-order valence-corrected chi connectivity index (χ2v) is 7.24. The van der Waals surface area contributed by atoms with Crippen molar-refractivity contribution in [2.75, 3.05) is 17.7 Å². The monoisotopic (exact) mass is 400 g/mol. The molecule has 2 amide bonds. The summed E-state index contributed by atoms with van der Waals surface area (Å²) >= 11 is 1.37. The predicted octanol–water partition coefficient (Wildman–Crippen LogP) is 1.40. The molecule has 0 saturated heterocycles. The third-order valence-electron chi connectivity index (χ3n) is 4.29. The number of nitrogens with zero attached hydrogens (tertiary/aromatic N) is 2. The van der Waals surface area contributed by atoms with Crippen LogP contribution in [0.2, 0.25) is 0 Å². The van der Waals surface area contributed by atoms with E-state index in [1.807, 2.05) is 0 Å². The van der Waals surface area contributed by atoms with Crippen molar-refractivity contribution in [3.05, 3.63) is 58.4 Å². The fourth-order valence-corrected chi connectivity index (χ4v) is 3.73. The molecular weight excluding hydrogens is 380 g/mol. The maximum Gasteiger partial charge on any atom is 0.279 e. The van der Waals surface area contributed by atoms with Gasteiger partial charge in [-0.1, -0.05) is 30.0 Å². The molecule has 3 rings (SSSR count). The molecule has 0 saturated carbocycles. The molecule has 2 heterocycles. The summed E-state index contributed by atoms with van der Waals surface area (Å²) in [5.41, 5.74) is 5.95. The van der Waals surface area contributed by atoms with Gasteiger partial charge in [0.25, 0.3) is 11.5 Å². The van der Waals surface area contributed by atoms with Crippen molar-refractivity contribution in [1.82, 2.24) is 9.55 Å². The van der Waals surface area contributed by atoms with Gasteiger partial charge in [0.15, 0.2) is 11.8 Å². The molecule has 1 aliphatic rings. The minimum atomic E-state index is -0.568. The van der Waals surface area contributed by atoms with Crippen LogP contribution in [0.1, 0.15) is 23.5 Å². The summed E-state index contributed by atoms with van der Waals surface area (Å²) in [6.07, 6.45) is 1.87. The summed E-state index contributed by atoms with van der Waals surface area (Å²) in [5.74, 6) is 0.378. The highest BCUT2D eigenvalue weighted by atomic mass is 32.2. The number of nitrogens with two attached hydrogens (primary N) is 1. The molecule has 0 fully saturated rings. The smallest absolute Gasteiger partial charge is 0.279 e. The van der Waals surface area contributed by atoms with Gasteiger partial charge in [-0.15, -0.1) is 6.58 Å². The summed E-state index contributed by atoms with van der Waals surface area (Å²) < 4.78 is 6.98. The van der Waals surface area contributed by atoms with Gasteiger partial charge in [-0.3, -0.25) is 14.4 Å². The third-order valence-corrected chi connectivity index (χ3v) is 5.32. The Morgan fingerprint density at radius 1 is 1.43 bits per heavy atom. The summed E-state index contributed by atoms with van der Waals surface area (Å²) in [4.78, 5) is 40.1. The lowest BCUT2D eigenvalue weighted by molar-refractivity contribution is -0.120. The Balaban J connectivity index is 1.98. The van der Waals surface area contributed by atoms with Crippen molar-refractivity contribution in [2.24, 2.45) is 12.8 Å². The van der Waals surface area contributed by atoms with Crippen LogP contribution in [0.5, 0.6) is 5.75 Å². The number of fused-ring (bicyclic) bond motifs is 1. The average molecular weight is 400 g/mol. The van der Waals surface area contributed by atoms with E-state index in [0.29, 0.717) is 28.0 Å². The largest absolute Gasteiger partial charge is 0.484 e. The van der Waals surface area contributed by atoms with Crippen LogP contribution < -0.4 is 21.3 Å². The van der Waals surface area contributed by atoms with Gasteiger partial charge in [-0.05, 0) is 17.7 Å². The topological polar surface area (TPSA) is 116 Å². The summed E-state index contributed by atoms with van der Waals surface area (Å²) in [6, 6.07) is 6.89. The number of thioether (sulfide) groups is 1. The van der Waals surface area contributed by atoms with Crippen LogP contribution >= 0.6 is 11.8 Å². The SMILES string of the molecule is C=CCSc1nc(=O)c2c(n1C)NC(=O)C[C@H]2c1ccc(OCC(N)=O)cc1. The van der Waals surface area contributed by atoms with E-state index in [-0.39, 0.29) is 24.5 Å². The van der Waals surface area contributed by atoms with Crippen LogP contribution in [0.4, 0.5) is 5.82 Å². The van der Waals surface area contributed by atoms with Crippen LogP contribution in [0.3, 0.4) is 0 Å². The highest BCUT2D eigenvalue weighted by Gasteiger charge is 2.32. The van der Waals surface area contributed by atoms with Gasteiger partial charge in [0.1, 0.15) is 11.6 Å². The number of hydrogen-bond acceptors (Lipinski definition) is 6. The fraction of sp³-hybridized carbons (Fsp3) is 0.263. The zero-order chi connectivity index (χ0) is 20.3. The van der Waals surface area contributed by atoms with Crippen molar-refractivity contribution in [1.29, 1.82) is 0 Å². The maximum absolute atomic E-state index is 12.7. The lowest BCUT2D eigenvalue weighted by Gasteiger charge is -2.27. The third kappa shape index (κ3) is 4.09. The van der Waals surface area contributed by atoms with Crippen molar-refractivity contribution in [3.8, 4) is 5.75 Å². The molecule has 0 unspecified atom stereocenters. The molecule has 1 aliphatic heterocycles. The second-order valence-electron chi connectivity index (χ2n) is 6.25. The number of primary amides is 1. The van der Waals surface area contributed by atoms with E-state index < -0.39 is 11.8 Å². The Kier molecular flexibility index (Phi) is 5.84. The van der Waals surface area contributed by atoms with E-state index in [4.69, 9.17) is 10.5 Å². The van der Waals surface area contributed by atoms with Crippen molar-refractivity contribution in [2.45, 2.75) is 17.5 Å². The summed E-state index contributed by atoms with van der Waals surface area (Å²) in [5, 5.41) is 3.31. The van der Waals surface area contributed by atoms with Crippen LogP contribution in [0.25, 0.3) is 0 Å². The van der Waals surface area contributed by atoms with Gasteiger partial charge in [-0.25, -0.2) is 0 Å². The Morgan fingerprint density at radius 2 is 2.14 bits per heavy atom. The number of amides is 2. The number of carbonyl (C=O) groups is 2. The number of rotatable bonds is 7. The predicted molar refractivity (Wildman–Crippen MR) is 107 cm³/mol. The van der Waals surface area contributed by atoms with Crippen molar-refractivity contribution >= 4 is 29.4 Å². The number of nitrogens with one attached hydrogen (secondary N) is 1. The second kappa shape index (κ2) is 8.30.